The summed E-state index contributed by atoms with van der Waals surface area (Å²) in [6, 6.07) is 2.57. The summed E-state index contributed by atoms with van der Waals surface area (Å²) in [7, 11) is 1.38. The summed E-state index contributed by atoms with van der Waals surface area (Å²) >= 11 is 0. The SMILES string of the molecule is C#CCN1C(=O)C(F)(F)Oc2cc(F)c(-n3c(=O)cc(C)n(C)c3=O)cc21. The Morgan fingerprint density at radius 2 is 1.85 bits per heavy atom. The van der Waals surface area contributed by atoms with Gasteiger partial charge in [-0.15, -0.1) is 6.42 Å². The number of hydrogen-bond acceptors (Lipinski definition) is 4. The quantitative estimate of drug-likeness (QED) is 0.728. The van der Waals surface area contributed by atoms with Crippen molar-refractivity contribution < 1.29 is 22.7 Å². The predicted molar refractivity (Wildman–Crippen MR) is 88.7 cm³/mol. The van der Waals surface area contributed by atoms with Gasteiger partial charge in [-0.3, -0.25) is 14.5 Å². The van der Waals surface area contributed by atoms with Crippen LogP contribution in [-0.2, 0) is 11.8 Å². The zero-order valence-corrected chi connectivity index (χ0v) is 14.1. The number of anilines is 1. The maximum Gasteiger partial charge on any atom is 0.483 e. The first-order chi connectivity index (χ1) is 12.6. The summed E-state index contributed by atoms with van der Waals surface area (Å²) in [6.45, 7) is 0.969. The van der Waals surface area contributed by atoms with E-state index >= 15 is 0 Å². The maximum atomic E-state index is 14.5. The van der Waals surface area contributed by atoms with Crippen molar-refractivity contribution in [2.24, 2.45) is 7.05 Å². The van der Waals surface area contributed by atoms with Crippen LogP contribution in [0.15, 0.2) is 27.8 Å². The molecule has 1 aliphatic rings. The van der Waals surface area contributed by atoms with Crippen LogP contribution in [-0.4, -0.2) is 27.7 Å². The van der Waals surface area contributed by atoms with Crippen LogP contribution in [0.5, 0.6) is 5.75 Å². The van der Waals surface area contributed by atoms with Gasteiger partial charge in [-0.25, -0.2) is 13.8 Å². The number of fused-ring (bicyclic) bond motifs is 1. The van der Waals surface area contributed by atoms with Gasteiger partial charge in [0.2, 0.25) is 0 Å². The van der Waals surface area contributed by atoms with E-state index in [0.717, 1.165) is 16.7 Å². The molecule has 1 aromatic carbocycles. The highest BCUT2D eigenvalue weighted by Crippen LogP contribution is 2.41. The second-order valence-electron chi connectivity index (χ2n) is 5.79. The molecule has 1 amide bonds. The number of benzene rings is 1. The molecule has 0 fully saturated rings. The van der Waals surface area contributed by atoms with Gasteiger partial charge in [0.25, 0.3) is 5.56 Å². The summed E-state index contributed by atoms with van der Waals surface area (Å²) in [5, 5.41) is 0. The van der Waals surface area contributed by atoms with E-state index in [1.54, 1.807) is 0 Å². The Kier molecular flexibility index (Phi) is 4.10. The summed E-state index contributed by atoms with van der Waals surface area (Å²) in [5.41, 5.74) is -2.15. The lowest BCUT2D eigenvalue weighted by molar-refractivity contribution is -0.192. The summed E-state index contributed by atoms with van der Waals surface area (Å²) < 4.78 is 47.9. The topological polar surface area (TPSA) is 73.5 Å². The monoisotopic (exact) mass is 379 g/mol. The molecule has 3 rings (SSSR count). The minimum atomic E-state index is -4.23. The standard InChI is InChI=1S/C17H12F3N3O4/c1-4-5-22-12-8-11(23-14(24)6-9(2)21(3)16(23)26)10(18)7-13(12)27-17(19,20)15(22)25/h1,6-8H,5H2,2-3H3. The number of aryl methyl sites for hydroxylation is 1. The second-order valence-corrected chi connectivity index (χ2v) is 5.79. The first-order valence-corrected chi connectivity index (χ1v) is 7.54. The largest absolute Gasteiger partial charge is 0.483 e. The highest BCUT2D eigenvalue weighted by molar-refractivity contribution is 6.01. The van der Waals surface area contributed by atoms with Gasteiger partial charge in [-0.1, -0.05) is 5.92 Å². The zero-order chi connectivity index (χ0) is 20.1. The van der Waals surface area contributed by atoms with Gasteiger partial charge in [-0.2, -0.15) is 8.78 Å². The number of carbonyl (C=O) groups excluding carboxylic acids is 1. The highest BCUT2D eigenvalue weighted by Gasteiger charge is 2.50. The minimum absolute atomic E-state index is 0.283. The van der Waals surface area contributed by atoms with Gasteiger partial charge in [0.15, 0.2) is 11.6 Å². The molecule has 2 aromatic rings. The lowest BCUT2D eigenvalue weighted by Crippen LogP contribution is -2.51. The van der Waals surface area contributed by atoms with Gasteiger partial charge in [-0.05, 0) is 13.0 Å². The van der Waals surface area contributed by atoms with Crippen molar-refractivity contribution in [3.05, 3.63) is 50.5 Å². The molecule has 10 heteroatoms. The molecule has 0 spiro atoms. The van der Waals surface area contributed by atoms with Crippen LogP contribution in [0.1, 0.15) is 5.69 Å². The smallest absolute Gasteiger partial charge is 0.423 e. The van der Waals surface area contributed by atoms with E-state index in [4.69, 9.17) is 6.42 Å². The molecule has 1 aliphatic heterocycles. The number of aromatic nitrogens is 2. The first kappa shape index (κ1) is 18.3. The Balaban J connectivity index is 2.31. The molecule has 2 heterocycles. The lowest BCUT2D eigenvalue weighted by Gasteiger charge is -2.32. The summed E-state index contributed by atoms with van der Waals surface area (Å²) in [5.74, 6) is -1.50. The van der Waals surface area contributed by atoms with E-state index in [0.29, 0.717) is 21.2 Å². The fraction of sp³-hybridized carbons (Fsp3) is 0.235. The van der Waals surface area contributed by atoms with E-state index in [2.05, 4.69) is 4.74 Å². The fourth-order valence-corrected chi connectivity index (χ4v) is 2.65. The van der Waals surface area contributed by atoms with E-state index < -0.39 is 47.1 Å². The predicted octanol–water partition coefficient (Wildman–Crippen LogP) is 0.935. The van der Waals surface area contributed by atoms with Crippen molar-refractivity contribution >= 4 is 11.6 Å². The molecule has 0 bridgehead atoms. The molecule has 0 saturated heterocycles. The van der Waals surface area contributed by atoms with Gasteiger partial charge in [0.05, 0.1) is 17.9 Å². The van der Waals surface area contributed by atoms with E-state index in [9.17, 15) is 27.6 Å². The van der Waals surface area contributed by atoms with Crippen LogP contribution in [0.2, 0.25) is 0 Å². The zero-order valence-electron chi connectivity index (χ0n) is 14.1. The van der Waals surface area contributed by atoms with E-state index in [-0.39, 0.29) is 5.69 Å². The number of terminal acetylenes is 1. The van der Waals surface area contributed by atoms with E-state index in [1.165, 1.54) is 14.0 Å². The second kappa shape index (κ2) is 6.05. The van der Waals surface area contributed by atoms with Crippen LogP contribution in [0.4, 0.5) is 18.9 Å². The maximum absolute atomic E-state index is 14.5. The highest BCUT2D eigenvalue weighted by atomic mass is 19.3. The Bertz CT molecular complexity index is 1130. The van der Waals surface area contributed by atoms with Crippen molar-refractivity contribution in [1.82, 2.24) is 9.13 Å². The van der Waals surface area contributed by atoms with Crippen molar-refractivity contribution in [2.75, 3.05) is 11.4 Å². The van der Waals surface area contributed by atoms with Crippen molar-refractivity contribution in [3.8, 4) is 23.8 Å². The Morgan fingerprint density at radius 1 is 1.19 bits per heavy atom. The third kappa shape index (κ3) is 2.77. The fourth-order valence-electron chi connectivity index (χ4n) is 2.65. The first-order valence-electron chi connectivity index (χ1n) is 7.54. The third-order valence-corrected chi connectivity index (χ3v) is 4.10. The molecule has 0 N–H and O–H groups in total. The number of nitrogens with zero attached hydrogens (tertiary/aromatic N) is 3. The van der Waals surface area contributed by atoms with Crippen molar-refractivity contribution in [3.63, 3.8) is 0 Å². The molecule has 27 heavy (non-hydrogen) atoms. The molecule has 0 unspecified atom stereocenters. The van der Waals surface area contributed by atoms with Crippen molar-refractivity contribution in [1.29, 1.82) is 0 Å². The number of halogens is 3. The normalized spacial score (nSPS) is 15.1. The van der Waals surface area contributed by atoms with Gasteiger partial charge in [0, 0.05) is 24.9 Å². The number of alkyl halides is 2. The molecular formula is C17H12F3N3O4. The summed E-state index contributed by atoms with van der Waals surface area (Å²) in [6.07, 6.45) is 0.891. The number of ether oxygens (including phenoxy) is 1. The van der Waals surface area contributed by atoms with Crippen LogP contribution in [0.3, 0.4) is 0 Å². The minimum Gasteiger partial charge on any atom is -0.423 e. The molecule has 0 saturated carbocycles. The molecule has 0 atom stereocenters. The van der Waals surface area contributed by atoms with Crippen LogP contribution in [0.25, 0.3) is 5.69 Å². The van der Waals surface area contributed by atoms with Gasteiger partial charge in [0.1, 0.15) is 0 Å². The third-order valence-electron chi connectivity index (χ3n) is 4.10. The molecule has 1 aromatic heterocycles. The molecule has 0 radical (unpaired) electrons. The number of rotatable bonds is 2. The molecule has 0 aliphatic carbocycles. The Hall–Kier alpha value is -3.48. The molecule has 140 valence electrons. The Labute approximate surface area is 150 Å². The average molecular weight is 379 g/mol. The Morgan fingerprint density at radius 3 is 2.48 bits per heavy atom. The van der Waals surface area contributed by atoms with Crippen molar-refractivity contribution in [2.45, 2.75) is 13.0 Å². The number of amides is 1. The van der Waals surface area contributed by atoms with Gasteiger partial charge >= 0.3 is 17.7 Å². The lowest BCUT2D eigenvalue weighted by atomic mass is 10.2. The summed E-state index contributed by atoms with van der Waals surface area (Å²) in [4.78, 5) is 37.0. The number of hydrogen-bond donors (Lipinski definition) is 0. The van der Waals surface area contributed by atoms with E-state index in [1.807, 2.05) is 5.92 Å². The van der Waals surface area contributed by atoms with Gasteiger partial charge < -0.3 is 9.30 Å². The van der Waals surface area contributed by atoms with Crippen LogP contribution >= 0.6 is 0 Å². The molecule has 7 nitrogen and oxygen atoms in total. The van der Waals surface area contributed by atoms with Crippen LogP contribution in [0, 0.1) is 25.1 Å². The molecular weight excluding hydrogens is 367 g/mol. The average Bonchev–Trinajstić information content (AvgIpc) is 2.58. The van der Waals surface area contributed by atoms with Crippen LogP contribution < -0.4 is 20.9 Å². The number of carbonyl (C=O) groups is 1.